The van der Waals surface area contributed by atoms with Crippen molar-refractivity contribution in [2.75, 3.05) is 33.7 Å². The first-order valence-corrected chi connectivity index (χ1v) is 7.50. The molecule has 2 heterocycles. The van der Waals surface area contributed by atoms with E-state index in [1.54, 1.807) is 0 Å². The molecule has 0 amide bonds. The van der Waals surface area contributed by atoms with Crippen LogP contribution >= 0.6 is 11.6 Å². The third-order valence-corrected chi connectivity index (χ3v) is 4.12. The highest BCUT2D eigenvalue weighted by atomic mass is 35.5. The molecule has 1 fully saturated rings. The van der Waals surface area contributed by atoms with Crippen LogP contribution in [-0.4, -0.2) is 53.5 Å². The number of likely N-dealkylation sites (N-methyl/N-ethyl adjacent to an activating group) is 2. The number of halogens is 1. The minimum atomic E-state index is 0.185. The minimum absolute atomic E-state index is 0.185. The van der Waals surface area contributed by atoms with Crippen LogP contribution < -0.4 is 0 Å². The lowest BCUT2D eigenvalue weighted by Crippen LogP contribution is -2.45. The fourth-order valence-corrected chi connectivity index (χ4v) is 2.82. The van der Waals surface area contributed by atoms with E-state index < -0.39 is 0 Å². The van der Waals surface area contributed by atoms with Gasteiger partial charge in [0.1, 0.15) is 11.0 Å². The van der Waals surface area contributed by atoms with Crippen LogP contribution in [0.2, 0.25) is 5.15 Å². The van der Waals surface area contributed by atoms with Gasteiger partial charge in [-0.15, -0.1) is 0 Å². The Hall–Kier alpha value is -1.49. The van der Waals surface area contributed by atoms with Crippen molar-refractivity contribution >= 4 is 11.6 Å². The average Bonchev–Trinajstić information content (AvgIpc) is 2.50. The summed E-state index contributed by atoms with van der Waals surface area (Å²) in [7, 11) is 4.24. The lowest BCUT2D eigenvalue weighted by Gasteiger charge is -2.36. The van der Waals surface area contributed by atoms with Gasteiger partial charge in [0.2, 0.25) is 0 Å². The second-order valence-electron chi connectivity index (χ2n) is 5.56. The first-order chi connectivity index (χ1) is 10.1. The third kappa shape index (κ3) is 3.23. The fourth-order valence-electron chi connectivity index (χ4n) is 2.63. The molecule has 0 spiro atoms. The summed E-state index contributed by atoms with van der Waals surface area (Å²) in [5.41, 5.74) is 1.95. The molecule has 1 aliphatic heterocycles. The molecule has 1 unspecified atom stereocenters. The standard InChI is InChI=1S/C16H19ClN4/c1-20-8-9-21(2)14(11-20)16-18-13(10-15(17)19-16)12-6-4-3-5-7-12/h3-7,10,14H,8-9,11H2,1-2H3. The Morgan fingerprint density at radius 2 is 1.86 bits per heavy atom. The molecule has 110 valence electrons. The fraction of sp³-hybridized carbons (Fsp3) is 0.375. The van der Waals surface area contributed by atoms with Gasteiger partial charge in [-0.2, -0.15) is 0 Å². The molecule has 1 saturated heterocycles. The number of benzene rings is 1. The zero-order valence-corrected chi connectivity index (χ0v) is 13.1. The monoisotopic (exact) mass is 302 g/mol. The van der Waals surface area contributed by atoms with E-state index in [1.165, 1.54) is 0 Å². The average molecular weight is 303 g/mol. The molecule has 2 aromatic rings. The van der Waals surface area contributed by atoms with Crippen LogP contribution in [0.3, 0.4) is 0 Å². The summed E-state index contributed by atoms with van der Waals surface area (Å²) >= 11 is 6.22. The van der Waals surface area contributed by atoms with Crippen molar-refractivity contribution in [2.24, 2.45) is 0 Å². The molecule has 4 nitrogen and oxygen atoms in total. The van der Waals surface area contributed by atoms with E-state index in [4.69, 9.17) is 16.6 Å². The first-order valence-electron chi connectivity index (χ1n) is 7.12. The van der Waals surface area contributed by atoms with E-state index in [-0.39, 0.29) is 6.04 Å². The smallest absolute Gasteiger partial charge is 0.149 e. The summed E-state index contributed by atoms with van der Waals surface area (Å²) in [4.78, 5) is 13.8. The summed E-state index contributed by atoms with van der Waals surface area (Å²) < 4.78 is 0. The zero-order valence-electron chi connectivity index (χ0n) is 12.3. The van der Waals surface area contributed by atoms with Crippen molar-refractivity contribution in [3.05, 3.63) is 47.4 Å². The van der Waals surface area contributed by atoms with Crippen LogP contribution in [0.25, 0.3) is 11.3 Å². The number of hydrogen-bond donors (Lipinski definition) is 0. The van der Waals surface area contributed by atoms with Gasteiger partial charge in [0.25, 0.3) is 0 Å². The van der Waals surface area contributed by atoms with Crippen molar-refractivity contribution in [3.63, 3.8) is 0 Å². The summed E-state index contributed by atoms with van der Waals surface area (Å²) in [6.45, 7) is 3.00. The SMILES string of the molecule is CN1CCN(C)C(c2nc(Cl)cc(-c3ccccc3)n2)C1. The minimum Gasteiger partial charge on any atom is -0.303 e. The highest BCUT2D eigenvalue weighted by molar-refractivity contribution is 6.29. The Morgan fingerprint density at radius 3 is 2.62 bits per heavy atom. The van der Waals surface area contributed by atoms with Gasteiger partial charge in [-0.3, -0.25) is 4.90 Å². The predicted octanol–water partition coefficient (Wildman–Crippen LogP) is 2.72. The van der Waals surface area contributed by atoms with Crippen molar-refractivity contribution in [1.82, 2.24) is 19.8 Å². The van der Waals surface area contributed by atoms with Crippen LogP contribution in [0.5, 0.6) is 0 Å². The Morgan fingerprint density at radius 1 is 1.10 bits per heavy atom. The van der Waals surface area contributed by atoms with Crippen LogP contribution in [-0.2, 0) is 0 Å². The third-order valence-electron chi connectivity index (χ3n) is 3.93. The van der Waals surface area contributed by atoms with Gasteiger partial charge in [0.05, 0.1) is 11.7 Å². The van der Waals surface area contributed by atoms with Crippen molar-refractivity contribution in [2.45, 2.75) is 6.04 Å². The van der Waals surface area contributed by atoms with Crippen molar-refractivity contribution < 1.29 is 0 Å². The van der Waals surface area contributed by atoms with E-state index in [1.807, 2.05) is 36.4 Å². The number of piperazine rings is 1. The number of aromatic nitrogens is 2. The Bertz CT molecular complexity index is 617. The predicted molar refractivity (Wildman–Crippen MR) is 85.3 cm³/mol. The lowest BCUT2D eigenvalue weighted by atomic mass is 10.1. The summed E-state index contributed by atoms with van der Waals surface area (Å²) in [6, 6.07) is 12.1. The van der Waals surface area contributed by atoms with Crippen LogP contribution in [0.1, 0.15) is 11.9 Å². The maximum Gasteiger partial charge on any atom is 0.149 e. The molecular weight excluding hydrogens is 284 g/mol. The van der Waals surface area contributed by atoms with Gasteiger partial charge < -0.3 is 4.90 Å². The van der Waals surface area contributed by atoms with Crippen LogP contribution in [0, 0.1) is 0 Å². The highest BCUT2D eigenvalue weighted by Crippen LogP contribution is 2.25. The Balaban J connectivity index is 1.98. The topological polar surface area (TPSA) is 32.3 Å². The van der Waals surface area contributed by atoms with E-state index in [0.717, 1.165) is 36.7 Å². The summed E-state index contributed by atoms with van der Waals surface area (Å²) in [5.74, 6) is 0.801. The molecule has 1 atom stereocenters. The molecule has 5 heteroatoms. The van der Waals surface area contributed by atoms with E-state index in [0.29, 0.717) is 5.15 Å². The molecule has 0 saturated carbocycles. The molecule has 1 aromatic heterocycles. The Kier molecular flexibility index (Phi) is 4.19. The van der Waals surface area contributed by atoms with E-state index in [2.05, 4.69) is 28.9 Å². The molecule has 1 aromatic carbocycles. The normalized spacial score (nSPS) is 20.6. The summed E-state index contributed by atoms with van der Waals surface area (Å²) in [5, 5.41) is 0.500. The van der Waals surface area contributed by atoms with Crippen LogP contribution in [0.15, 0.2) is 36.4 Å². The number of rotatable bonds is 2. The Labute approximate surface area is 130 Å². The second-order valence-corrected chi connectivity index (χ2v) is 5.95. The number of hydrogen-bond acceptors (Lipinski definition) is 4. The van der Waals surface area contributed by atoms with Gasteiger partial charge >= 0.3 is 0 Å². The first kappa shape index (κ1) is 14.4. The van der Waals surface area contributed by atoms with Gasteiger partial charge in [0, 0.05) is 31.3 Å². The van der Waals surface area contributed by atoms with Gasteiger partial charge in [-0.1, -0.05) is 41.9 Å². The van der Waals surface area contributed by atoms with Crippen LogP contribution in [0.4, 0.5) is 0 Å². The number of nitrogens with zero attached hydrogens (tertiary/aromatic N) is 4. The van der Waals surface area contributed by atoms with E-state index >= 15 is 0 Å². The molecule has 0 radical (unpaired) electrons. The molecular formula is C16H19ClN4. The summed E-state index contributed by atoms with van der Waals surface area (Å²) in [6.07, 6.45) is 0. The molecule has 1 aliphatic rings. The van der Waals surface area contributed by atoms with Gasteiger partial charge in [-0.05, 0) is 14.1 Å². The second kappa shape index (κ2) is 6.10. The molecule has 21 heavy (non-hydrogen) atoms. The van der Waals surface area contributed by atoms with Crippen molar-refractivity contribution in [3.8, 4) is 11.3 Å². The van der Waals surface area contributed by atoms with Gasteiger partial charge in [0.15, 0.2) is 0 Å². The quantitative estimate of drug-likeness (QED) is 0.799. The highest BCUT2D eigenvalue weighted by Gasteiger charge is 2.26. The molecule has 3 rings (SSSR count). The maximum atomic E-state index is 6.22. The molecule has 0 bridgehead atoms. The molecule has 0 N–H and O–H groups in total. The van der Waals surface area contributed by atoms with E-state index in [9.17, 15) is 0 Å². The van der Waals surface area contributed by atoms with Crippen molar-refractivity contribution in [1.29, 1.82) is 0 Å². The zero-order chi connectivity index (χ0) is 14.8. The lowest BCUT2D eigenvalue weighted by molar-refractivity contribution is 0.109. The maximum absolute atomic E-state index is 6.22. The van der Waals surface area contributed by atoms with Gasteiger partial charge in [-0.25, -0.2) is 9.97 Å². The largest absolute Gasteiger partial charge is 0.303 e. The molecule has 0 aliphatic carbocycles.